The van der Waals surface area contributed by atoms with Gasteiger partial charge in [-0.3, -0.25) is 4.79 Å². The Balaban J connectivity index is 2.25. The molecule has 0 atom stereocenters. The summed E-state index contributed by atoms with van der Waals surface area (Å²) in [5, 5.41) is 11.7. The molecule has 1 aromatic carbocycles. The van der Waals surface area contributed by atoms with Crippen LogP contribution in [0.5, 0.6) is 0 Å². The highest BCUT2D eigenvalue weighted by Gasteiger charge is 2.04. The number of hydrogen-bond donors (Lipinski definition) is 2. The molecule has 2 N–H and O–H groups in total. The second-order valence-electron chi connectivity index (χ2n) is 4.41. The van der Waals surface area contributed by atoms with Crippen LogP contribution in [0.1, 0.15) is 35.7 Å². The van der Waals surface area contributed by atoms with Gasteiger partial charge < -0.3 is 15.2 Å². The van der Waals surface area contributed by atoms with Crippen molar-refractivity contribution >= 4 is 11.9 Å². The number of ether oxygens (including phenoxy) is 1. The van der Waals surface area contributed by atoms with Gasteiger partial charge in [-0.15, -0.1) is 0 Å². The first-order valence-electron chi connectivity index (χ1n) is 6.80. The van der Waals surface area contributed by atoms with Crippen molar-refractivity contribution in [2.75, 3.05) is 19.8 Å². The fraction of sp³-hybridized carbons (Fsp3) is 0.467. The molecule has 5 heteroatoms. The third-order valence-corrected chi connectivity index (χ3v) is 2.81. The van der Waals surface area contributed by atoms with E-state index in [-0.39, 0.29) is 11.5 Å². The Hall–Kier alpha value is -1.88. The van der Waals surface area contributed by atoms with E-state index in [0.717, 1.165) is 5.56 Å². The molecule has 0 spiro atoms. The van der Waals surface area contributed by atoms with E-state index in [1.807, 2.05) is 13.0 Å². The summed E-state index contributed by atoms with van der Waals surface area (Å²) in [7, 11) is 0. The lowest BCUT2D eigenvalue weighted by Gasteiger charge is -2.06. The van der Waals surface area contributed by atoms with Crippen LogP contribution in [-0.2, 0) is 16.0 Å². The molecule has 0 heterocycles. The molecule has 0 saturated carbocycles. The first-order valence-corrected chi connectivity index (χ1v) is 6.80. The second kappa shape index (κ2) is 9.09. The zero-order chi connectivity index (χ0) is 14.8. The van der Waals surface area contributed by atoms with Crippen LogP contribution in [0.25, 0.3) is 0 Å². The first kappa shape index (κ1) is 16.2. The van der Waals surface area contributed by atoms with E-state index >= 15 is 0 Å². The number of hydrogen-bond acceptors (Lipinski definition) is 3. The summed E-state index contributed by atoms with van der Waals surface area (Å²) >= 11 is 0. The molecule has 0 aromatic heterocycles. The standard InChI is InChI=1S/C15H21NO4/c1-2-20-10-4-7-14(17)16-9-8-12-5-3-6-13(11-12)15(18)19/h3,5-6,11H,2,4,7-10H2,1H3,(H,16,17)(H,18,19). The van der Waals surface area contributed by atoms with Crippen LogP contribution in [0.4, 0.5) is 0 Å². The topological polar surface area (TPSA) is 75.6 Å². The van der Waals surface area contributed by atoms with Crippen LogP contribution < -0.4 is 5.32 Å². The lowest BCUT2D eigenvalue weighted by molar-refractivity contribution is -0.121. The molecule has 20 heavy (non-hydrogen) atoms. The van der Waals surface area contributed by atoms with E-state index < -0.39 is 5.97 Å². The van der Waals surface area contributed by atoms with Crippen molar-refractivity contribution in [3.05, 3.63) is 35.4 Å². The summed E-state index contributed by atoms with van der Waals surface area (Å²) in [6, 6.07) is 6.75. The van der Waals surface area contributed by atoms with Crippen LogP contribution in [-0.4, -0.2) is 36.7 Å². The molecule has 0 aliphatic heterocycles. The number of benzene rings is 1. The lowest BCUT2D eigenvalue weighted by atomic mass is 10.1. The molecule has 0 saturated heterocycles. The molecule has 1 aromatic rings. The molecular weight excluding hydrogens is 258 g/mol. The summed E-state index contributed by atoms with van der Waals surface area (Å²) in [5.74, 6) is -0.939. The van der Waals surface area contributed by atoms with Gasteiger partial charge in [-0.2, -0.15) is 0 Å². The predicted molar refractivity (Wildman–Crippen MR) is 75.8 cm³/mol. The minimum atomic E-state index is -0.938. The fourth-order valence-corrected chi connectivity index (χ4v) is 1.77. The maximum atomic E-state index is 11.5. The molecule has 5 nitrogen and oxygen atoms in total. The fourth-order valence-electron chi connectivity index (χ4n) is 1.77. The highest BCUT2D eigenvalue weighted by atomic mass is 16.5. The Morgan fingerprint density at radius 1 is 1.35 bits per heavy atom. The normalized spacial score (nSPS) is 10.2. The molecule has 110 valence electrons. The first-order chi connectivity index (χ1) is 9.63. The Bertz CT molecular complexity index is 445. The number of rotatable bonds is 9. The second-order valence-corrected chi connectivity index (χ2v) is 4.41. The average Bonchev–Trinajstić information content (AvgIpc) is 2.44. The lowest BCUT2D eigenvalue weighted by Crippen LogP contribution is -2.25. The van der Waals surface area contributed by atoms with Crippen LogP contribution in [0.3, 0.4) is 0 Å². The summed E-state index contributed by atoms with van der Waals surface area (Å²) in [6.07, 6.45) is 1.79. The minimum absolute atomic E-state index is 0.000841. The molecule has 0 aliphatic rings. The van der Waals surface area contributed by atoms with Gasteiger partial charge in [-0.1, -0.05) is 12.1 Å². The molecule has 0 bridgehead atoms. The summed E-state index contributed by atoms with van der Waals surface area (Å²) in [4.78, 5) is 22.3. The molecule has 0 fully saturated rings. The zero-order valence-electron chi connectivity index (χ0n) is 11.7. The third-order valence-electron chi connectivity index (χ3n) is 2.81. The minimum Gasteiger partial charge on any atom is -0.478 e. The van der Waals surface area contributed by atoms with Gasteiger partial charge in [0.25, 0.3) is 0 Å². The number of aromatic carboxylic acids is 1. The Morgan fingerprint density at radius 2 is 2.15 bits per heavy atom. The Labute approximate surface area is 118 Å². The SMILES string of the molecule is CCOCCCC(=O)NCCc1cccc(C(=O)O)c1. The summed E-state index contributed by atoms with van der Waals surface area (Å²) < 4.78 is 5.16. The van der Waals surface area contributed by atoms with Crippen molar-refractivity contribution in [3.8, 4) is 0 Å². The molecule has 1 amide bonds. The Morgan fingerprint density at radius 3 is 2.85 bits per heavy atom. The molecular formula is C15H21NO4. The van der Waals surface area contributed by atoms with Crippen molar-refractivity contribution in [2.24, 2.45) is 0 Å². The van der Waals surface area contributed by atoms with Gasteiger partial charge in [0.15, 0.2) is 0 Å². The van der Waals surface area contributed by atoms with Gasteiger partial charge in [-0.25, -0.2) is 4.79 Å². The highest BCUT2D eigenvalue weighted by molar-refractivity contribution is 5.87. The zero-order valence-corrected chi connectivity index (χ0v) is 11.7. The summed E-state index contributed by atoms with van der Waals surface area (Å²) in [6.45, 7) is 3.70. The van der Waals surface area contributed by atoms with Crippen LogP contribution in [0.2, 0.25) is 0 Å². The van der Waals surface area contributed by atoms with Crippen LogP contribution in [0, 0.1) is 0 Å². The van der Waals surface area contributed by atoms with Crippen molar-refractivity contribution in [1.82, 2.24) is 5.32 Å². The molecule has 0 radical (unpaired) electrons. The predicted octanol–water partition coefficient (Wildman–Crippen LogP) is 1.86. The van der Waals surface area contributed by atoms with Crippen LogP contribution in [0.15, 0.2) is 24.3 Å². The number of carbonyl (C=O) groups is 2. The van der Waals surface area contributed by atoms with Gasteiger partial charge in [0.2, 0.25) is 5.91 Å². The number of carboxylic acids is 1. The van der Waals surface area contributed by atoms with E-state index in [2.05, 4.69) is 5.32 Å². The van der Waals surface area contributed by atoms with Crippen molar-refractivity contribution < 1.29 is 19.4 Å². The van der Waals surface area contributed by atoms with Gasteiger partial charge >= 0.3 is 5.97 Å². The average molecular weight is 279 g/mol. The number of amides is 1. The number of nitrogens with one attached hydrogen (secondary N) is 1. The van der Waals surface area contributed by atoms with Crippen molar-refractivity contribution in [3.63, 3.8) is 0 Å². The van der Waals surface area contributed by atoms with Crippen LogP contribution >= 0.6 is 0 Å². The van der Waals surface area contributed by atoms with Crippen molar-refractivity contribution in [1.29, 1.82) is 0 Å². The van der Waals surface area contributed by atoms with E-state index in [0.29, 0.717) is 39.0 Å². The van der Waals surface area contributed by atoms with Gasteiger partial charge in [0, 0.05) is 26.2 Å². The maximum Gasteiger partial charge on any atom is 0.335 e. The number of carboxylic acid groups (broad SMARTS) is 1. The van der Waals surface area contributed by atoms with Gasteiger partial charge in [0.05, 0.1) is 5.56 Å². The van der Waals surface area contributed by atoms with E-state index in [1.165, 1.54) is 0 Å². The third kappa shape index (κ3) is 6.33. The maximum absolute atomic E-state index is 11.5. The van der Waals surface area contributed by atoms with E-state index in [9.17, 15) is 9.59 Å². The van der Waals surface area contributed by atoms with Gasteiger partial charge in [0.1, 0.15) is 0 Å². The van der Waals surface area contributed by atoms with Crippen molar-refractivity contribution in [2.45, 2.75) is 26.2 Å². The smallest absolute Gasteiger partial charge is 0.335 e. The Kier molecular flexibility index (Phi) is 7.35. The molecule has 1 rings (SSSR count). The quantitative estimate of drug-likeness (QED) is 0.677. The summed E-state index contributed by atoms with van der Waals surface area (Å²) in [5.41, 5.74) is 1.17. The molecule has 0 aliphatic carbocycles. The van der Waals surface area contributed by atoms with Gasteiger partial charge in [-0.05, 0) is 37.5 Å². The number of carbonyl (C=O) groups excluding carboxylic acids is 1. The molecule has 0 unspecified atom stereocenters. The van der Waals surface area contributed by atoms with E-state index in [1.54, 1.807) is 18.2 Å². The highest BCUT2D eigenvalue weighted by Crippen LogP contribution is 2.05. The largest absolute Gasteiger partial charge is 0.478 e. The monoisotopic (exact) mass is 279 g/mol. The van der Waals surface area contributed by atoms with E-state index in [4.69, 9.17) is 9.84 Å².